The fourth-order valence-electron chi connectivity index (χ4n) is 3.60. The van der Waals surface area contributed by atoms with E-state index in [-0.39, 0.29) is 0 Å². The van der Waals surface area contributed by atoms with E-state index in [4.69, 9.17) is 0 Å². The fourth-order valence-corrected chi connectivity index (χ4v) is 3.60. The Kier molecular flexibility index (Phi) is 3.88. The van der Waals surface area contributed by atoms with Crippen LogP contribution in [0.15, 0.2) is 30.7 Å². The molecule has 0 N–H and O–H groups in total. The van der Waals surface area contributed by atoms with Crippen molar-refractivity contribution in [3.8, 4) is 6.07 Å². The zero-order chi connectivity index (χ0) is 17.4. The summed E-state index contributed by atoms with van der Waals surface area (Å²) >= 11 is 0. The molecule has 25 heavy (non-hydrogen) atoms. The standard InChI is InChI=1S/C18H21N7/c1-13(2)25-12-20-22-17(25)14-6-9-23(10-7-14)18-15(11-19)24-8-4-3-5-16(24)21-18/h3-5,8,12-14H,6-7,9-10H2,1-2H3. The summed E-state index contributed by atoms with van der Waals surface area (Å²) in [5.41, 5.74) is 1.43. The van der Waals surface area contributed by atoms with Gasteiger partial charge >= 0.3 is 0 Å². The summed E-state index contributed by atoms with van der Waals surface area (Å²) in [6, 6.07) is 8.47. The molecule has 0 amide bonds. The maximum atomic E-state index is 9.58. The molecule has 0 spiro atoms. The summed E-state index contributed by atoms with van der Waals surface area (Å²) in [6.07, 6.45) is 5.69. The summed E-state index contributed by atoms with van der Waals surface area (Å²) in [5, 5.41) is 18.0. The van der Waals surface area contributed by atoms with E-state index in [1.807, 2.05) is 35.1 Å². The normalized spacial score (nSPS) is 15.8. The third-order valence-corrected chi connectivity index (χ3v) is 4.93. The molecular weight excluding hydrogens is 314 g/mol. The summed E-state index contributed by atoms with van der Waals surface area (Å²) in [4.78, 5) is 6.89. The molecule has 1 saturated heterocycles. The molecule has 0 bridgehead atoms. The van der Waals surface area contributed by atoms with E-state index in [2.05, 4.69) is 44.6 Å². The van der Waals surface area contributed by atoms with E-state index in [0.717, 1.165) is 43.2 Å². The highest BCUT2D eigenvalue weighted by Gasteiger charge is 2.28. The molecule has 1 aliphatic heterocycles. The number of nitrogens with zero attached hydrogens (tertiary/aromatic N) is 7. The van der Waals surface area contributed by atoms with Crippen LogP contribution in [0, 0.1) is 11.3 Å². The Hall–Kier alpha value is -2.88. The molecule has 1 aliphatic rings. The number of rotatable bonds is 3. The maximum Gasteiger partial charge on any atom is 0.169 e. The van der Waals surface area contributed by atoms with Crippen molar-refractivity contribution in [2.24, 2.45) is 0 Å². The highest BCUT2D eigenvalue weighted by molar-refractivity contribution is 5.60. The van der Waals surface area contributed by atoms with Gasteiger partial charge in [0.25, 0.3) is 0 Å². The molecule has 1 fully saturated rings. The lowest BCUT2D eigenvalue weighted by molar-refractivity contribution is 0.448. The van der Waals surface area contributed by atoms with E-state index in [1.54, 1.807) is 0 Å². The first-order chi connectivity index (χ1) is 12.2. The van der Waals surface area contributed by atoms with Crippen LogP contribution in [-0.4, -0.2) is 37.2 Å². The van der Waals surface area contributed by atoms with Gasteiger partial charge in [-0.3, -0.25) is 4.40 Å². The van der Waals surface area contributed by atoms with Crippen molar-refractivity contribution < 1.29 is 0 Å². The first kappa shape index (κ1) is 15.6. The van der Waals surface area contributed by atoms with E-state index in [1.165, 1.54) is 0 Å². The topological polar surface area (TPSA) is 75.0 Å². The lowest BCUT2D eigenvalue weighted by atomic mass is 9.95. The lowest BCUT2D eigenvalue weighted by Gasteiger charge is -2.32. The predicted molar refractivity (Wildman–Crippen MR) is 94.5 cm³/mol. The van der Waals surface area contributed by atoms with Crippen molar-refractivity contribution in [2.45, 2.75) is 38.6 Å². The second kappa shape index (κ2) is 6.20. The van der Waals surface area contributed by atoms with Crippen molar-refractivity contribution in [1.82, 2.24) is 24.1 Å². The largest absolute Gasteiger partial charge is 0.354 e. The van der Waals surface area contributed by atoms with E-state index < -0.39 is 0 Å². The SMILES string of the molecule is CC(C)n1cnnc1C1CCN(c2nc3ccccn3c2C#N)CC1. The highest BCUT2D eigenvalue weighted by Crippen LogP contribution is 2.31. The predicted octanol–water partition coefficient (Wildman–Crippen LogP) is 2.76. The second-order valence-corrected chi connectivity index (χ2v) is 6.78. The van der Waals surface area contributed by atoms with Crippen LogP contribution in [-0.2, 0) is 0 Å². The molecule has 0 atom stereocenters. The molecule has 0 aromatic carbocycles. The summed E-state index contributed by atoms with van der Waals surface area (Å²) in [5.74, 6) is 2.27. The third kappa shape index (κ3) is 2.64. The lowest BCUT2D eigenvalue weighted by Crippen LogP contribution is -2.34. The van der Waals surface area contributed by atoms with Gasteiger partial charge in [-0.2, -0.15) is 5.26 Å². The van der Waals surface area contributed by atoms with Gasteiger partial charge in [0.2, 0.25) is 0 Å². The van der Waals surface area contributed by atoms with E-state index in [0.29, 0.717) is 17.7 Å². The van der Waals surface area contributed by atoms with Crippen LogP contribution in [0.5, 0.6) is 0 Å². The number of nitriles is 1. The minimum atomic E-state index is 0.367. The van der Waals surface area contributed by atoms with Crippen molar-refractivity contribution in [3.63, 3.8) is 0 Å². The fraction of sp³-hybridized carbons (Fsp3) is 0.444. The van der Waals surface area contributed by atoms with Gasteiger partial charge in [-0.25, -0.2) is 4.98 Å². The van der Waals surface area contributed by atoms with Crippen LogP contribution in [0.4, 0.5) is 5.82 Å². The van der Waals surface area contributed by atoms with Gasteiger partial charge in [0.1, 0.15) is 23.9 Å². The van der Waals surface area contributed by atoms with Crippen molar-refractivity contribution in [2.75, 3.05) is 18.0 Å². The molecule has 0 aliphatic carbocycles. The molecule has 0 unspecified atom stereocenters. The van der Waals surface area contributed by atoms with Crippen LogP contribution >= 0.6 is 0 Å². The molecule has 3 aromatic rings. The van der Waals surface area contributed by atoms with Crippen molar-refractivity contribution in [3.05, 3.63) is 42.2 Å². The monoisotopic (exact) mass is 335 g/mol. The number of aromatic nitrogens is 5. The van der Waals surface area contributed by atoms with Crippen LogP contribution in [0.2, 0.25) is 0 Å². The number of anilines is 1. The molecule has 3 aromatic heterocycles. The molecule has 128 valence electrons. The van der Waals surface area contributed by atoms with Gasteiger partial charge in [0.15, 0.2) is 11.5 Å². The summed E-state index contributed by atoms with van der Waals surface area (Å²) < 4.78 is 4.02. The quantitative estimate of drug-likeness (QED) is 0.736. The first-order valence-electron chi connectivity index (χ1n) is 8.70. The van der Waals surface area contributed by atoms with E-state index in [9.17, 15) is 5.26 Å². The second-order valence-electron chi connectivity index (χ2n) is 6.78. The number of pyridine rings is 1. The molecular formula is C18H21N7. The molecule has 4 heterocycles. The minimum Gasteiger partial charge on any atom is -0.354 e. The smallest absolute Gasteiger partial charge is 0.169 e. The number of piperidine rings is 1. The molecule has 0 saturated carbocycles. The Morgan fingerprint density at radius 1 is 1.24 bits per heavy atom. The Morgan fingerprint density at radius 2 is 2.04 bits per heavy atom. The summed E-state index contributed by atoms with van der Waals surface area (Å²) in [6.45, 7) is 6.04. The van der Waals surface area contributed by atoms with Crippen LogP contribution in [0.1, 0.15) is 50.2 Å². The molecule has 7 nitrogen and oxygen atoms in total. The third-order valence-electron chi connectivity index (χ3n) is 4.93. The number of hydrogen-bond acceptors (Lipinski definition) is 5. The number of hydrogen-bond donors (Lipinski definition) is 0. The Bertz CT molecular complexity index is 922. The molecule has 7 heteroatoms. The zero-order valence-electron chi connectivity index (χ0n) is 14.5. The number of imidazole rings is 1. The van der Waals surface area contributed by atoms with Gasteiger partial charge < -0.3 is 9.47 Å². The van der Waals surface area contributed by atoms with Crippen molar-refractivity contribution >= 4 is 11.5 Å². The van der Waals surface area contributed by atoms with Gasteiger partial charge in [-0.05, 0) is 38.8 Å². The zero-order valence-corrected chi connectivity index (χ0v) is 14.5. The minimum absolute atomic E-state index is 0.367. The Morgan fingerprint density at radius 3 is 2.76 bits per heavy atom. The average Bonchev–Trinajstić information content (AvgIpc) is 3.26. The van der Waals surface area contributed by atoms with E-state index >= 15 is 0 Å². The molecule has 4 rings (SSSR count). The van der Waals surface area contributed by atoms with Crippen LogP contribution in [0.3, 0.4) is 0 Å². The summed E-state index contributed by atoms with van der Waals surface area (Å²) in [7, 11) is 0. The maximum absolute atomic E-state index is 9.58. The van der Waals surface area contributed by atoms with Gasteiger partial charge in [0, 0.05) is 31.2 Å². The van der Waals surface area contributed by atoms with Gasteiger partial charge in [0.05, 0.1) is 0 Å². The van der Waals surface area contributed by atoms with Crippen LogP contribution < -0.4 is 4.90 Å². The van der Waals surface area contributed by atoms with Crippen molar-refractivity contribution in [1.29, 1.82) is 5.26 Å². The van der Waals surface area contributed by atoms with Crippen LogP contribution in [0.25, 0.3) is 5.65 Å². The molecule has 0 radical (unpaired) electrons. The first-order valence-corrected chi connectivity index (χ1v) is 8.70. The van der Waals surface area contributed by atoms with Gasteiger partial charge in [-0.1, -0.05) is 6.07 Å². The Labute approximate surface area is 146 Å². The Balaban J connectivity index is 1.57. The average molecular weight is 335 g/mol. The highest BCUT2D eigenvalue weighted by atomic mass is 15.3. The number of fused-ring (bicyclic) bond motifs is 1. The van der Waals surface area contributed by atoms with Gasteiger partial charge in [-0.15, -0.1) is 10.2 Å².